The van der Waals surface area contributed by atoms with Crippen molar-refractivity contribution in [2.75, 3.05) is 39.4 Å². The van der Waals surface area contributed by atoms with Crippen molar-refractivity contribution in [2.24, 2.45) is 0 Å². The molecule has 0 saturated carbocycles. The summed E-state index contributed by atoms with van der Waals surface area (Å²) in [6.07, 6.45) is 3.89. The number of carbonyl (C=O) groups excluding carboxylic acids is 2. The van der Waals surface area contributed by atoms with Crippen molar-refractivity contribution in [3.8, 4) is 5.75 Å². The van der Waals surface area contributed by atoms with Crippen molar-refractivity contribution in [2.45, 2.75) is 26.3 Å². The second-order valence-electron chi connectivity index (χ2n) is 8.54. The number of amides is 1. The zero-order chi connectivity index (χ0) is 23.5. The van der Waals surface area contributed by atoms with Gasteiger partial charge in [-0.1, -0.05) is 6.07 Å². The average Bonchev–Trinajstić information content (AvgIpc) is 3.07. The summed E-state index contributed by atoms with van der Waals surface area (Å²) in [6.45, 7) is 7.92. The minimum absolute atomic E-state index is 0.0297. The van der Waals surface area contributed by atoms with E-state index in [4.69, 9.17) is 4.74 Å². The molecule has 1 atom stereocenters. The number of phenolic OH excluding ortho intramolecular Hbond substituents is 1. The van der Waals surface area contributed by atoms with Gasteiger partial charge >= 0.3 is 0 Å². The molecule has 3 heterocycles. The van der Waals surface area contributed by atoms with Crippen molar-refractivity contribution in [1.29, 1.82) is 0 Å². The lowest BCUT2D eigenvalue weighted by Gasteiger charge is -2.29. The number of morpholine rings is 1. The minimum atomic E-state index is -0.774. The van der Waals surface area contributed by atoms with E-state index in [0.29, 0.717) is 31.7 Å². The van der Waals surface area contributed by atoms with E-state index in [9.17, 15) is 19.8 Å². The zero-order valence-electron chi connectivity index (χ0n) is 19.0. The first-order valence-electron chi connectivity index (χ1n) is 11.2. The smallest absolute Gasteiger partial charge is 0.295 e. The maximum atomic E-state index is 13.1. The lowest BCUT2D eigenvalue weighted by molar-refractivity contribution is -0.140. The second-order valence-corrected chi connectivity index (χ2v) is 8.54. The summed E-state index contributed by atoms with van der Waals surface area (Å²) in [5.74, 6) is -1.93. The van der Waals surface area contributed by atoms with Gasteiger partial charge in [-0.3, -0.25) is 19.5 Å². The van der Waals surface area contributed by atoms with Crippen LogP contribution in [0.2, 0.25) is 0 Å². The molecular formula is C25H29N3O5. The summed E-state index contributed by atoms with van der Waals surface area (Å²) in [6, 6.07) is 5.92. The van der Waals surface area contributed by atoms with Gasteiger partial charge in [0.05, 0.1) is 30.4 Å². The number of nitrogens with zero attached hydrogens (tertiary/aromatic N) is 3. The predicted molar refractivity (Wildman–Crippen MR) is 123 cm³/mol. The number of Topliss-reactive ketones (excluding diaryl/α,β-unsaturated/α-hetero) is 1. The van der Waals surface area contributed by atoms with Gasteiger partial charge in [0, 0.05) is 38.6 Å². The van der Waals surface area contributed by atoms with Crippen LogP contribution in [0.5, 0.6) is 5.75 Å². The molecule has 1 aromatic carbocycles. The molecule has 2 aromatic rings. The number of ether oxygens (including phenoxy) is 1. The van der Waals surface area contributed by atoms with Gasteiger partial charge in [0.1, 0.15) is 11.5 Å². The fraction of sp³-hybridized carbons (Fsp3) is 0.400. The number of aliphatic hydroxyl groups is 1. The van der Waals surface area contributed by atoms with E-state index >= 15 is 0 Å². The van der Waals surface area contributed by atoms with Crippen LogP contribution in [0.1, 0.15) is 34.7 Å². The van der Waals surface area contributed by atoms with Crippen LogP contribution in [0.25, 0.3) is 5.76 Å². The Labute approximate surface area is 193 Å². The molecule has 8 nitrogen and oxygen atoms in total. The number of carbonyl (C=O) groups is 2. The van der Waals surface area contributed by atoms with Crippen molar-refractivity contribution >= 4 is 17.4 Å². The van der Waals surface area contributed by atoms with Crippen LogP contribution < -0.4 is 0 Å². The summed E-state index contributed by atoms with van der Waals surface area (Å²) in [5.41, 5.74) is 2.45. The fourth-order valence-corrected chi connectivity index (χ4v) is 4.42. The number of hydrogen-bond donors (Lipinski definition) is 2. The van der Waals surface area contributed by atoms with Gasteiger partial charge in [0.2, 0.25) is 0 Å². The van der Waals surface area contributed by atoms with Crippen LogP contribution in [0, 0.1) is 13.8 Å². The summed E-state index contributed by atoms with van der Waals surface area (Å²) in [4.78, 5) is 34.1. The Hall–Kier alpha value is -3.23. The Balaban J connectivity index is 1.70. The first-order chi connectivity index (χ1) is 15.9. The highest BCUT2D eigenvalue weighted by Gasteiger charge is 2.46. The molecule has 0 radical (unpaired) electrons. The van der Waals surface area contributed by atoms with Gasteiger partial charge in [-0.05, 0) is 55.2 Å². The Morgan fingerprint density at radius 2 is 1.88 bits per heavy atom. The molecule has 8 heteroatoms. The van der Waals surface area contributed by atoms with E-state index in [-0.39, 0.29) is 22.6 Å². The molecule has 33 heavy (non-hydrogen) atoms. The number of aromatic nitrogens is 1. The molecular weight excluding hydrogens is 422 g/mol. The SMILES string of the molecule is Cc1cc(O)c(C(O)=C2C(=O)C(=O)N(CCCN3CCOCC3)[C@H]2c2cccnc2)cc1C. The van der Waals surface area contributed by atoms with Crippen LogP contribution in [-0.4, -0.2) is 76.1 Å². The van der Waals surface area contributed by atoms with Crippen molar-refractivity contribution in [3.05, 3.63) is 64.5 Å². The van der Waals surface area contributed by atoms with Gasteiger partial charge in [-0.2, -0.15) is 0 Å². The minimum Gasteiger partial charge on any atom is -0.507 e. The van der Waals surface area contributed by atoms with Crippen molar-refractivity contribution in [3.63, 3.8) is 0 Å². The third kappa shape index (κ3) is 4.62. The topological polar surface area (TPSA) is 103 Å². The first kappa shape index (κ1) is 22.9. The van der Waals surface area contributed by atoms with E-state index in [1.54, 1.807) is 36.7 Å². The maximum Gasteiger partial charge on any atom is 0.295 e. The largest absolute Gasteiger partial charge is 0.507 e. The van der Waals surface area contributed by atoms with Gasteiger partial charge in [-0.15, -0.1) is 0 Å². The Morgan fingerprint density at radius 3 is 2.58 bits per heavy atom. The summed E-state index contributed by atoms with van der Waals surface area (Å²) >= 11 is 0. The van der Waals surface area contributed by atoms with E-state index < -0.39 is 17.7 Å². The molecule has 4 rings (SSSR count). The number of aromatic hydroxyl groups is 1. The van der Waals surface area contributed by atoms with Gasteiger partial charge in [0.15, 0.2) is 0 Å². The molecule has 2 saturated heterocycles. The predicted octanol–water partition coefficient (Wildman–Crippen LogP) is 2.55. The van der Waals surface area contributed by atoms with E-state index in [1.807, 2.05) is 13.8 Å². The van der Waals surface area contributed by atoms with Crippen LogP contribution in [0.3, 0.4) is 0 Å². The fourth-order valence-electron chi connectivity index (χ4n) is 4.42. The number of aryl methyl sites for hydroxylation is 2. The highest BCUT2D eigenvalue weighted by molar-refractivity contribution is 6.46. The van der Waals surface area contributed by atoms with Gasteiger partial charge < -0.3 is 19.8 Å². The monoisotopic (exact) mass is 451 g/mol. The van der Waals surface area contributed by atoms with Gasteiger partial charge in [0.25, 0.3) is 11.7 Å². The Morgan fingerprint density at radius 1 is 1.15 bits per heavy atom. The lowest BCUT2D eigenvalue weighted by atomic mass is 9.94. The molecule has 1 aromatic heterocycles. The average molecular weight is 452 g/mol. The molecule has 2 N–H and O–H groups in total. The molecule has 2 aliphatic rings. The number of benzene rings is 1. The number of pyridine rings is 1. The maximum absolute atomic E-state index is 13.1. The molecule has 2 fully saturated rings. The standard InChI is InChI=1S/C25H29N3O5/c1-16-13-19(20(29)14-17(16)2)23(30)21-22(18-5-3-6-26-15-18)28(25(32)24(21)31)8-4-7-27-9-11-33-12-10-27/h3,5-6,13-15,22,29-30H,4,7-12H2,1-2H3/t22-/m0/s1. The van der Waals surface area contributed by atoms with Crippen LogP contribution >= 0.6 is 0 Å². The number of rotatable bonds is 6. The highest BCUT2D eigenvalue weighted by Crippen LogP contribution is 2.41. The normalized spacial score (nSPS) is 21.0. The third-order valence-corrected chi connectivity index (χ3v) is 6.38. The lowest BCUT2D eigenvalue weighted by Crippen LogP contribution is -2.39. The van der Waals surface area contributed by atoms with Crippen molar-refractivity contribution in [1.82, 2.24) is 14.8 Å². The zero-order valence-corrected chi connectivity index (χ0v) is 19.0. The highest BCUT2D eigenvalue weighted by atomic mass is 16.5. The van der Waals surface area contributed by atoms with Crippen LogP contribution in [0.4, 0.5) is 0 Å². The molecule has 174 valence electrons. The molecule has 2 aliphatic heterocycles. The number of phenols is 1. The van der Waals surface area contributed by atoms with E-state index in [1.165, 1.54) is 4.90 Å². The Kier molecular flexibility index (Phi) is 6.76. The number of likely N-dealkylation sites (tertiary alicyclic amines) is 1. The second kappa shape index (κ2) is 9.72. The quantitative estimate of drug-likeness (QED) is 0.395. The molecule has 1 amide bonds. The molecule has 0 bridgehead atoms. The van der Waals surface area contributed by atoms with E-state index in [2.05, 4.69) is 9.88 Å². The van der Waals surface area contributed by atoms with Gasteiger partial charge in [-0.25, -0.2) is 0 Å². The van der Waals surface area contributed by atoms with Crippen molar-refractivity contribution < 1.29 is 24.5 Å². The van der Waals surface area contributed by atoms with E-state index in [0.717, 1.165) is 30.8 Å². The molecule has 0 unspecified atom stereocenters. The number of ketones is 1. The molecule has 0 spiro atoms. The summed E-state index contributed by atoms with van der Waals surface area (Å²) in [7, 11) is 0. The number of aliphatic hydroxyl groups excluding tert-OH is 1. The Bertz CT molecular complexity index is 1080. The molecule has 0 aliphatic carbocycles. The summed E-state index contributed by atoms with van der Waals surface area (Å²) in [5, 5.41) is 21.6. The van der Waals surface area contributed by atoms with Crippen LogP contribution in [-0.2, 0) is 14.3 Å². The first-order valence-corrected chi connectivity index (χ1v) is 11.2. The third-order valence-electron chi connectivity index (χ3n) is 6.38. The summed E-state index contributed by atoms with van der Waals surface area (Å²) < 4.78 is 5.38. The van der Waals surface area contributed by atoms with Crippen LogP contribution in [0.15, 0.2) is 42.2 Å². The number of hydrogen-bond acceptors (Lipinski definition) is 7.